The Bertz CT molecular complexity index is 362. The Hall–Kier alpha value is -0.970. The van der Waals surface area contributed by atoms with Gasteiger partial charge in [-0.25, -0.2) is 0 Å². The lowest BCUT2D eigenvalue weighted by molar-refractivity contribution is -0.134. The monoisotopic (exact) mass is 209 g/mol. The van der Waals surface area contributed by atoms with Crippen LogP contribution in [0.15, 0.2) is 28.8 Å². The Labute approximate surface area is 88.9 Å². The third-order valence-corrected chi connectivity index (χ3v) is 2.87. The molecule has 2 aliphatic rings. The van der Waals surface area contributed by atoms with E-state index in [4.69, 9.17) is 9.47 Å². The first-order valence-corrected chi connectivity index (χ1v) is 4.83. The van der Waals surface area contributed by atoms with Crippen molar-refractivity contribution in [2.45, 2.75) is 18.3 Å². The number of ether oxygens (including phenoxy) is 2. The highest BCUT2D eigenvalue weighted by Gasteiger charge is 2.39. The van der Waals surface area contributed by atoms with Gasteiger partial charge in [-0.3, -0.25) is 4.99 Å². The van der Waals surface area contributed by atoms with Gasteiger partial charge in [-0.05, 0) is 25.2 Å². The van der Waals surface area contributed by atoms with E-state index in [-0.39, 0.29) is 0 Å². The summed E-state index contributed by atoms with van der Waals surface area (Å²) in [6.45, 7) is 2.13. The first-order chi connectivity index (χ1) is 7.03. The molecule has 4 heteroatoms. The van der Waals surface area contributed by atoms with Gasteiger partial charge in [-0.1, -0.05) is 0 Å². The summed E-state index contributed by atoms with van der Waals surface area (Å²) in [6, 6.07) is 0. The van der Waals surface area contributed by atoms with Crippen LogP contribution in [0.25, 0.3) is 0 Å². The van der Waals surface area contributed by atoms with E-state index >= 15 is 0 Å². The second kappa shape index (κ2) is 3.27. The minimum absolute atomic E-state index is 0.391. The zero-order valence-electron chi connectivity index (χ0n) is 9.15. The van der Waals surface area contributed by atoms with Crippen molar-refractivity contribution < 1.29 is 14.6 Å². The molecule has 4 nitrogen and oxygen atoms in total. The van der Waals surface area contributed by atoms with Gasteiger partial charge in [0.1, 0.15) is 5.60 Å². The zero-order valence-corrected chi connectivity index (χ0v) is 9.15. The van der Waals surface area contributed by atoms with Crippen LogP contribution in [0.2, 0.25) is 0 Å². The summed E-state index contributed by atoms with van der Waals surface area (Å²) in [5.41, 5.74) is 0.668. The summed E-state index contributed by atoms with van der Waals surface area (Å²) < 4.78 is 10.6. The topological polar surface area (TPSA) is 51.0 Å². The van der Waals surface area contributed by atoms with Gasteiger partial charge < -0.3 is 14.6 Å². The maximum absolute atomic E-state index is 10.1. The largest absolute Gasteiger partial charge is 0.383 e. The lowest BCUT2D eigenvalue weighted by atomic mass is 9.89. The Morgan fingerprint density at radius 3 is 2.67 bits per heavy atom. The number of nitrogens with zero attached hydrogens (tertiary/aromatic N) is 1. The lowest BCUT2D eigenvalue weighted by Crippen LogP contribution is -2.37. The smallest absolute Gasteiger partial charge is 0.208 e. The van der Waals surface area contributed by atoms with Crippen LogP contribution in [-0.4, -0.2) is 43.0 Å². The number of hydrogen-bond donors (Lipinski definition) is 1. The molecule has 0 aromatic carbocycles. The van der Waals surface area contributed by atoms with Crippen molar-refractivity contribution in [2.75, 3.05) is 20.8 Å². The fraction of sp³-hybridized carbons (Fsp3) is 0.545. The highest BCUT2D eigenvalue weighted by Crippen LogP contribution is 2.33. The molecule has 1 heterocycles. The summed E-state index contributed by atoms with van der Waals surface area (Å²) in [4.78, 5) is 4.25. The fourth-order valence-corrected chi connectivity index (χ4v) is 1.84. The summed E-state index contributed by atoms with van der Waals surface area (Å²) >= 11 is 0. The van der Waals surface area contributed by atoms with Crippen LogP contribution in [0.5, 0.6) is 0 Å². The summed E-state index contributed by atoms with van der Waals surface area (Å²) in [5.74, 6) is -0.872. The van der Waals surface area contributed by atoms with Gasteiger partial charge >= 0.3 is 0 Å². The molecule has 1 aliphatic heterocycles. The van der Waals surface area contributed by atoms with Gasteiger partial charge in [0.15, 0.2) is 0 Å². The molecule has 0 aromatic rings. The van der Waals surface area contributed by atoms with E-state index in [1.54, 1.807) is 33.3 Å². The van der Waals surface area contributed by atoms with Crippen LogP contribution in [0.1, 0.15) is 6.92 Å². The maximum Gasteiger partial charge on any atom is 0.208 e. The van der Waals surface area contributed by atoms with Crippen LogP contribution in [0.3, 0.4) is 0 Å². The predicted molar refractivity (Wildman–Crippen MR) is 56.9 cm³/mol. The zero-order chi connectivity index (χ0) is 11.1. The number of aliphatic imine (C=N–C) groups is 1. The van der Waals surface area contributed by atoms with E-state index < -0.39 is 11.4 Å². The molecule has 0 fully saturated rings. The van der Waals surface area contributed by atoms with E-state index in [0.29, 0.717) is 6.54 Å². The maximum atomic E-state index is 10.1. The molecule has 2 rings (SSSR count). The molecule has 1 aliphatic carbocycles. The number of fused-ring (bicyclic) bond motifs is 1. The van der Waals surface area contributed by atoms with Crippen molar-refractivity contribution in [3.8, 4) is 0 Å². The molecule has 1 atom stereocenters. The van der Waals surface area contributed by atoms with Crippen LogP contribution < -0.4 is 0 Å². The predicted octanol–water partition coefficient (Wildman–Crippen LogP) is 0.677. The second-order valence-corrected chi connectivity index (χ2v) is 4.00. The highest BCUT2D eigenvalue weighted by molar-refractivity contribution is 6.12. The molecular weight excluding hydrogens is 194 g/mol. The summed E-state index contributed by atoms with van der Waals surface area (Å²) in [6.07, 6.45) is 5.39. The Morgan fingerprint density at radius 1 is 1.40 bits per heavy atom. The lowest BCUT2D eigenvalue weighted by Gasteiger charge is -2.30. The Morgan fingerprint density at radius 2 is 2.07 bits per heavy atom. The van der Waals surface area contributed by atoms with Gasteiger partial charge in [-0.15, -0.1) is 0 Å². The normalized spacial score (nSPS) is 32.3. The third-order valence-electron chi connectivity index (χ3n) is 2.87. The van der Waals surface area contributed by atoms with Crippen molar-refractivity contribution in [1.82, 2.24) is 0 Å². The molecule has 15 heavy (non-hydrogen) atoms. The highest BCUT2D eigenvalue weighted by atomic mass is 16.7. The van der Waals surface area contributed by atoms with Crippen molar-refractivity contribution in [3.05, 3.63) is 23.8 Å². The van der Waals surface area contributed by atoms with Gasteiger partial charge in [-0.2, -0.15) is 0 Å². The standard InChI is InChI=1S/C11H15NO3/c1-10(13)7-12-9-4-5-11(14-2,15-3)6-8(9)10/h4-6,13H,7H2,1-3H3. The average Bonchev–Trinajstić information content (AvgIpc) is 2.54. The second-order valence-electron chi connectivity index (χ2n) is 4.00. The van der Waals surface area contributed by atoms with Gasteiger partial charge in [0.25, 0.3) is 0 Å². The molecule has 0 spiro atoms. The number of rotatable bonds is 2. The molecule has 0 radical (unpaired) electrons. The number of hydrogen-bond acceptors (Lipinski definition) is 4. The number of allylic oxidation sites excluding steroid dienone is 1. The molecule has 0 aromatic heterocycles. The van der Waals surface area contributed by atoms with E-state index in [9.17, 15) is 5.11 Å². The fourth-order valence-electron chi connectivity index (χ4n) is 1.84. The Balaban J connectivity index is 2.42. The van der Waals surface area contributed by atoms with Crippen molar-refractivity contribution in [1.29, 1.82) is 0 Å². The van der Waals surface area contributed by atoms with Gasteiger partial charge in [0.05, 0.1) is 12.3 Å². The molecule has 0 amide bonds. The average molecular weight is 209 g/mol. The molecule has 0 saturated carbocycles. The van der Waals surface area contributed by atoms with E-state index in [2.05, 4.69) is 4.99 Å². The number of methoxy groups -OCH3 is 2. The van der Waals surface area contributed by atoms with Crippen LogP contribution in [0.4, 0.5) is 0 Å². The first-order valence-electron chi connectivity index (χ1n) is 4.83. The molecule has 1 unspecified atom stereocenters. The van der Waals surface area contributed by atoms with Gasteiger partial charge in [0.2, 0.25) is 5.79 Å². The SMILES string of the molecule is COC1(OC)C=CC2=NCC(C)(O)C2=C1. The van der Waals surface area contributed by atoms with Crippen LogP contribution in [-0.2, 0) is 9.47 Å². The molecule has 0 saturated heterocycles. The van der Waals surface area contributed by atoms with Crippen molar-refractivity contribution >= 4 is 5.71 Å². The van der Waals surface area contributed by atoms with E-state index in [0.717, 1.165) is 11.3 Å². The molecular formula is C11H15NO3. The summed E-state index contributed by atoms with van der Waals surface area (Å²) in [7, 11) is 3.13. The van der Waals surface area contributed by atoms with Crippen LogP contribution >= 0.6 is 0 Å². The summed E-state index contributed by atoms with van der Waals surface area (Å²) in [5, 5.41) is 10.1. The van der Waals surface area contributed by atoms with Gasteiger partial charge in [0, 0.05) is 19.8 Å². The number of aliphatic hydroxyl groups is 1. The van der Waals surface area contributed by atoms with E-state index in [1.807, 2.05) is 6.08 Å². The molecule has 1 N–H and O–H groups in total. The quantitative estimate of drug-likeness (QED) is 0.680. The molecule has 0 bridgehead atoms. The minimum atomic E-state index is -0.914. The van der Waals surface area contributed by atoms with E-state index in [1.165, 1.54) is 0 Å². The van der Waals surface area contributed by atoms with Crippen LogP contribution in [0, 0.1) is 0 Å². The third kappa shape index (κ3) is 1.55. The first kappa shape index (κ1) is 10.5. The van der Waals surface area contributed by atoms with Crippen molar-refractivity contribution in [2.24, 2.45) is 4.99 Å². The molecule has 82 valence electrons. The van der Waals surface area contributed by atoms with Crippen molar-refractivity contribution in [3.63, 3.8) is 0 Å². The minimum Gasteiger partial charge on any atom is -0.383 e. The Kier molecular flexibility index (Phi) is 2.30.